The largest absolute Gasteiger partial charge is 0.335 e. The van der Waals surface area contributed by atoms with E-state index in [-0.39, 0.29) is 18.8 Å². The maximum absolute atomic E-state index is 11.0. The van der Waals surface area contributed by atoms with Crippen LogP contribution in [0, 0.1) is 0 Å². The highest BCUT2D eigenvalue weighted by molar-refractivity contribution is 6.19. The van der Waals surface area contributed by atoms with Crippen molar-refractivity contribution in [2.75, 3.05) is 26.7 Å². The van der Waals surface area contributed by atoms with Gasteiger partial charge in [-0.2, -0.15) is 0 Å². The van der Waals surface area contributed by atoms with Gasteiger partial charge in [-0.25, -0.2) is 0 Å². The Balaban J connectivity index is 3.84. The molecule has 0 spiro atoms. The Morgan fingerprint density at radius 1 is 1.67 bits per heavy atom. The van der Waals surface area contributed by atoms with Crippen molar-refractivity contribution in [1.29, 1.82) is 0 Å². The van der Waals surface area contributed by atoms with Crippen LogP contribution in [0.25, 0.3) is 0 Å². The van der Waals surface area contributed by atoms with E-state index in [4.69, 9.17) is 7.85 Å². The first-order valence-electron chi connectivity index (χ1n) is 3.82. The summed E-state index contributed by atoms with van der Waals surface area (Å²) in [7, 11) is 6.93. The van der Waals surface area contributed by atoms with E-state index in [9.17, 15) is 9.59 Å². The van der Waals surface area contributed by atoms with Crippen LogP contribution < -0.4 is 5.32 Å². The minimum Gasteiger partial charge on any atom is -0.335 e. The molecule has 0 unspecified atom stereocenters. The fraction of sp³-hybridized carbons (Fsp3) is 0.714. The predicted molar refractivity (Wildman–Crippen MR) is 47.1 cm³/mol. The van der Waals surface area contributed by atoms with E-state index in [0.29, 0.717) is 19.4 Å². The van der Waals surface area contributed by atoms with Crippen molar-refractivity contribution < 1.29 is 9.59 Å². The molecule has 66 valence electrons. The Morgan fingerprint density at radius 3 is 2.75 bits per heavy atom. The molecule has 0 aromatic heterocycles. The summed E-state index contributed by atoms with van der Waals surface area (Å²) in [6.45, 7) is 1.31. The molecule has 0 aliphatic heterocycles. The highest BCUT2D eigenvalue weighted by atomic mass is 16.2. The van der Waals surface area contributed by atoms with Crippen LogP contribution in [0.1, 0.15) is 0 Å². The van der Waals surface area contributed by atoms with Crippen LogP contribution in [0.5, 0.6) is 0 Å². The van der Waals surface area contributed by atoms with Crippen molar-refractivity contribution in [2.24, 2.45) is 0 Å². The molecule has 0 aromatic rings. The monoisotopic (exact) mass is 168 g/mol. The number of carbonyl (C=O) groups excluding carboxylic acids is 2. The zero-order chi connectivity index (χ0) is 9.40. The van der Waals surface area contributed by atoms with Gasteiger partial charge in [0.2, 0.25) is 5.91 Å². The molecule has 0 rings (SSSR count). The fourth-order valence-electron chi connectivity index (χ4n) is 0.784. The molecule has 0 aromatic carbocycles. The quantitative estimate of drug-likeness (QED) is 0.401. The third-order valence-corrected chi connectivity index (χ3v) is 1.45. The van der Waals surface area contributed by atoms with Gasteiger partial charge >= 0.3 is 0 Å². The molecule has 0 aliphatic rings. The average Bonchev–Trinajstić information content (AvgIpc) is 2.11. The number of nitrogens with one attached hydrogen (secondary N) is 1. The number of nitrogens with zero attached hydrogens (tertiary/aromatic N) is 1. The third-order valence-electron chi connectivity index (χ3n) is 1.45. The summed E-state index contributed by atoms with van der Waals surface area (Å²) < 4.78 is 0. The maximum Gasteiger partial charge on any atom is 0.214 e. The van der Waals surface area contributed by atoms with E-state index in [1.807, 2.05) is 0 Å². The number of likely N-dealkylation sites (N-methyl/N-ethyl adjacent to an activating group) is 1. The molecular formula is C7H13BN2O2. The smallest absolute Gasteiger partial charge is 0.214 e. The Morgan fingerprint density at radius 2 is 2.33 bits per heavy atom. The number of hydrogen-bond acceptors (Lipinski definition) is 3. The first-order chi connectivity index (χ1) is 5.76. The van der Waals surface area contributed by atoms with Gasteiger partial charge in [0.25, 0.3) is 0 Å². The Bertz CT molecular complexity index is 152. The van der Waals surface area contributed by atoms with Crippen molar-refractivity contribution in [2.45, 2.75) is 6.32 Å². The van der Waals surface area contributed by atoms with Gasteiger partial charge in [-0.1, -0.05) is 0 Å². The fourth-order valence-corrected chi connectivity index (χ4v) is 0.784. The summed E-state index contributed by atoms with van der Waals surface area (Å²) in [5.74, 6) is -0.197. The lowest BCUT2D eigenvalue weighted by molar-refractivity contribution is -0.130. The van der Waals surface area contributed by atoms with Gasteiger partial charge in [0, 0.05) is 13.1 Å². The van der Waals surface area contributed by atoms with E-state index in [1.165, 1.54) is 4.90 Å². The molecule has 0 saturated carbocycles. The summed E-state index contributed by atoms with van der Waals surface area (Å²) in [5, 5.41) is 2.88. The molecular weight excluding hydrogens is 155 g/mol. The van der Waals surface area contributed by atoms with E-state index < -0.39 is 0 Å². The highest BCUT2D eigenvalue weighted by Crippen LogP contribution is 1.90. The molecule has 0 heterocycles. The Hall–Kier alpha value is -0.835. The normalized spacial score (nSPS) is 9.42. The molecule has 1 amide bonds. The van der Waals surface area contributed by atoms with Crippen LogP contribution >= 0.6 is 0 Å². The number of rotatable bonds is 6. The van der Waals surface area contributed by atoms with Crippen LogP contribution in [-0.4, -0.2) is 51.6 Å². The first-order valence-corrected chi connectivity index (χ1v) is 3.82. The minimum absolute atomic E-state index is 0.0441. The number of carbonyl (C=O) groups is 2. The van der Waals surface area contributed by atoms with Gasteiger partial charge in [0.1, 0.15) is 6.29 Å². The number of amides is 1. The summed E-state index contributed by atoms with van der Waals surface area (Å²) in [4.78, 5) is 22.6. The van der Waals surface area contributed by atoms with Crippen LogP contribution in [0.2, 0.25) is 6.32 Å². The van der Waals surface area contributed by atoms with E-state index in [1.54, 1.807) is 7.05 Å². The van der Waals surface area contributed by atoms with E-state index in [0.717, 1.165) is 0 Å². The standard InChI is InChI=1S/C7H13BN2O2/c1-9-2-3-10(4-5-11)7(12)6-8/h5,9H,2-4,6H2,1H3. The molecule has 5 heteroatoms. The lowest BCUT2D eigenvalue weighted by Gasteiger charge is -2.18. The van der Waals surface area contributed by atoms with Gasteiger partial charge in [-0.3, -0.25) is 4.79 Å². The van der Waals surface area contributed by atoms with Crippen LogP contribution in [0.4, 0.5) is 0 Å². The van der Waals surface area contributed by atoms with Gasteiger partial charge < -0.3 is 15.0 Å². The molecule has 4 nitrogen and oxygen atoms in total. The van der Waals surface area contributed by atoms with Gasteiger partial charge in [-0.15, -0.1) is 0 Å². The molecule has 1 N–H and O–H groups in total. The van der Waals surface area contributed by atoms with Gasteiger partial charge in [0.15, 0.2) is 0 Å². The van der Waals surface area contributed by atoms with Crippen LogP contribution in [0.15, 0.2) is 0 Å². The summed E-state index contributed by atoms with van der Waals surface area (Å²) in [5.41, 5.74) is 0. The summed E-state index contributed by atoms with van der Waals surface area (Å²) in [6, 6.07) is 0. The molecule has 0 atom stereocenters. The lowest BCUT2D eigenvalue weighted by Crippen LogP contribution is -2.37. The van der Waals surface area contributed by atoms with Crippen molar-refractivity contribution in [3.05, 3.63) is 0 Å². The molecule has 0 aliphatic carbocycles. The maximum atomic E-state index is 11.0. The second kappa shape index (κ2) is 6.85. The zero-order valence-corrected chi connectivity index (χ0v) is 7.25. The van der Waals surface area contributed by atoms with Gasteiger partial charge in [0.05, 0.1) is 14.4 Å². The van der Waals surface area contributed by atoms with Crippen LogP contribution in [0.3, 0.4) is 0 Å². The van der Waals surface area contributed by atoms with Crippen LogP contribution in [-0.2, 0) is 9.59 Å². The van der Waals surface area contributed by atoms with Gasteiger partial charge in [-0.05, 0) is 13.4 Å². The topological polar surface area (TPSA) is 49.4 Å². The Labute approximate surface area is 73.7 Å². The second-order valence-corrected chi connectivity index (χ2v) is 2.31. The molecule has 2 radical (unpaired) electrons. The third kappa shape index (κ3) is 4.13. The molecule has 12 heavy (non-hydrogen) atoms. The van der Waals surface area contributed by atoms with E-state index in [2.05, 4.69) is 5.32 Å². The second-order valence-electron chi connectivity index (χ2n) is 2.31. The summed E-state index contributed by atoms with van der Waals surface area (Å²) >= 11 is 0. The van der Waals surface area contributed by atoms with E-state index >= 15 is 0 Å². The molecule has 0 saturated heterocycles. The first kappa shape index (κ1) is 11.2. The number of hydrogen-bond donors (Lipinski definition) is 1. The van der Waals surface area contributed by atoms with Crippen molar-refractivity contribution in [3.63, 3.8) is 0 Å². The molecule has 0 fully saturated rings. The Kier molecular flexibility index (Phi) is 6.37. The van der Waals surface area contributed by atoms with Crippen molar-refractivity contribution in [3.8, 4) is 0 Å². The average molecular weight is 168 g/mol. The SMILES string of the molecule is [B]CC(=O)N(CC=O)CCNC. The highest BCUT2D eigenvalue weighted by Gasteiger charge is 2.08. The van der Waals surface area contributed by atoms with Crippen molar-refractivity contribution in [1.82, 2.24) is 10.2 Å². The lowest BCUT2D eigenvalue weighted by atomic mass is 10.0. The number of aldehydes is 1. The summed E-state index contributed by atoms with van der Waals surface area (Å²) in [6.07, 6.45) is 0.654. The van der Waals surface area contributed by atoms with Crippen molar-refractivity contribution >= 4 is 20.0 Å². The molecule has 0 bridgehead atoms. The zero-order valence-electron chi connectivity index (χ0n) is 7.25. The predicted octanol–water partition coefficient (Wildman–Crippen LogP) is -1.18. The minimum atomic E-state index is -0.197.